The summed E-state index contributed by atoms with van der Waals surface area (Å²) in [4.78, 5) is 12.4. The molecule has 0 aliphatic rings. The van der Waals surface area contributed by atoms with E-state index in [-0.39, 0.29) is 11.9 Å². The lowest BCUT2D eigenvalue weighted by molar-refractivity contribution is 0.0905. The van der Waals surface area contributed by atoms with Gasteiger partial charge in [-0.1, -0.05) is 6.07 Å². The normalized spacial score (nSPS) is 11.7. The van der Waals surface area contributed by atoms with Crippen LogP contribution in [0.3, 0.4) is 0 Å². The molecule has 5 nitrogen and oxygen atoms in total. The first kappa shape index (κ1) is 19.8. The molecule has 0 saturated carbocycles. The fraction of sp³-hybridized carbons (Fsp3) is 0.381. The molecule has 1 N–H and O–H groups in total. The molecule has 0 fully saturated rings. The number of ether oxygens (including phenoxy) is 3. The van der Waals surface area contributed by atoms with Crippen molar-refractivity contribution in [2.45, 2.75) is 33.4 Å². The Balaban J connectivity index is 2.14. The van der Waals surface area contributed by atoms with Crippen LogP contribution in [0.25, 0.3) is 0 Å². The Bertz CT molecular complexity index is 737. The van der Waals surface area contributed by atoms with E-state index >= 15 is 0 Å². The number of hydrogen-bond donors (Lipinski definition) is 1. The lowest BCUT2D eigenvalue weighted by atomic mass is 10.1. The third-order valence-corrected chi connectivity index (χ3v) is 3.93. The third-order valence-electron chi connectivity index (χ3n) is 3.93. The highest BCUT2D eigenvalue weighted by atomic mass is 16.5. The van der Waals surface area contributed by atoms with Crippen molar-refractivity contribution < 1.29 is 19.0 Å². The summed E-state index contributed by atoms with van der Waals surface area (Å²) in [6.45, 7) is 6.75. The number of aryl methyl sites for hydroxylation is 2. The number of methoxy groups -OCH3 is 2. The average Bonchev–Trinajstić information content (AvgIpc) is 2.59. The molecule has 1 amide bonds. The summed E-state index contributed by atoms with van der Waals surface area (Å²) in [7, 11) is 3.22. The minimum atomic E-state index is -0.148. The van der Waals surface area contributed by atoms with Crippen LogP contribution in [-0.4, -0.2) is 32.8 Å². The first-order valence-corrected chi connectivity index (χ1v) is 8.60. The van der Waals surface area contributed by atoms with Gasteiger partial charge < -0.3 is 19.5 Å². The molecule has 2 rings (SSSR count). The van der Waals surface area contributed by atoms with Crippen LogP contribution in [0.4, 0.5) is 0 Å². The summed E-state index contributed by atoms with van der Waals surface area (Å²) < 4.78 is 16.4. The Labute approximate surface area is 155 Å². The zero-order valence-corrected chi connectivity index (χ0v) is 16.1. The number of nitrogens with one attached hydrogen (secondary N) is 1. The van der Waals surface area contributed by atoms with E-state index in [1.54, 1.807) is 32.4 Å². The molecule has 26 heavy (non-hydrogen) atoms. The number of amides is 1. The van der Waals surface area contributed by atoms with Gasteiger partial charge in [0.15, 0.2) is 0 Å². The maximum absolute atomic E-state index is 12.4. The number of carbonyl (C=O) groups excluding carboxylic acids is 1. The largest absolute Gasteiger partial charge is 0.496 e. The van der Waals surface area contributed by atoms with Crippen molar-refractivity contribution in [3.8, 4) is 11.5 Å². The fourth-order valence-electron chi connectivity index (χ4n) is 2.81. The second-order valence-corrected chi connectivity index (χ2v) is 6.47. The third kappa shape index (κ3) is 5.49. The lowest BCUT2D eigenvalue weighted by Gasteiger charge is -2.15. The van der Waals surface area contributed by atoms with Crippen LogP contribution in [0.2, 0.25) is 0 Å². The maximum atomic E-state index is 12.4. The van der Waals surface area contributed by atoms with Gasteiger partial charge in [0.1, 0.15) is 18.1 Å². The quantitative estimate of drug-likeness (QED) is 0.783. The van der Waals surface area contributed by atoms with Crippen molar-refractivity contribution in [3.63, 3.8) is 0 Å². The van der Waals surface area contributed by atoms with Crippen LogP contribution in [0.5, 0.6) is 11.5 Å². The molecule has 5 heteroatoms. The summed E-state index contributed by atoms with van der Waals surface area (Å²) >= 11 is 0. The zero-order valence-electron chi connectivity index (χ0n) is 16.1. The van der Waals surface area contributed by atoms with Gasteiger partial charge in [-0.25, -0.2) is 0 Å². The van der Waals surface area contributed by atoms with Gasteiger partial charge in [-0.2, -0.15) is 0 Å². The first-order chi connectivity index (χ1) is 12.4. The molecule has 2 aromatic carbocycles. The van der Waals surface area contributed by atoms with Gasteiger partial charge in [0.05, 0.1) is 13.7 Å². The fourth-order valence-corrected chi connectivity index (χ4v) is 2.81. The molecule has 0 aliphatic heterocycles. The van der Waals surface area contributed by atoms with Gasteiger partial charge in [-0.15, -0.1) is 0 Å². The summed E-state index contributed by atoms with van der Waals surface area (Å²) in [5.74, 6) is 1.34. The smallest absolute Gasteiger partial charge is 0.251 e. The molecule has 0 saturated heterocycles. The monoisotopic (exact) mass is 357 g/mol. The topological polar surface area (TPSA) is 56.8 Å². The maximum Gasteiger partial charge on any atom is 0.251 e. The van der Waals surface area contributed by atoms with Gasteiger partial charge in [0.25, 0.3) is 5.91 Å². The Kier molecular flexibility index (Phi) is 7.04. The van der Waals surface area contributed by atoms with Crippen molar-refractivity contribution in [2.75, 3.05) is 20.8 Å². The van der Waals surface area contributed by atoms with E-state index in [2.05, 4.69) is 11.4 Å². The minimum Gasteiger partial charge on any atom is -0.496 e. The molecule has 0 spiro atoms. The van der Waals surface area contributed by atoms with Gasteiger partial charge >= 0.3 is 0 Å². The van der Waals surface area contributed by atoms with E-state index in [4.69, 9.17) is 14.2 Å². The SMILES string of the molecule is COCC(C)NC(=O)c1ccc(OC)c(COc2cc(C)cc(C)c2)c1. The number of hydrogen-bond acceptors (Lipinski definition) is 4. The van der Waals surface area contributed by atoms with Crippen LogP contribution in [0.15, 0.2) is 36.4 Å². The molecule has 0 radical (unpaired) electrons. The lowest BCUT2D eigenvalue weighted by Crippen LogP contribution is -2.35. The van der Waals surface area contributed by atoms with Crippen molar-refractivity contribution in [3.05, 3.63) is 58.7 Å². The standard InChI is InChI=1S/C21H27NO4/c1-14-8-15(2)10-19(9-14)26-13-18-11-17(6-7-20(18)25-5)21(23)22-16(3)12-24-4/h6-11,16H,12-13H2,1-5H3,(H,22,23). The summed E-state index contributed by atoms with van der Waals surface area (Å²) in [6.07, 6.45) is 0. The highest BCUT2D eigenvalue weighted by Crippen LogP contribution is 2.23. The Hall–Kier alpha value is -2.53. The molecular formula is C21H27NO4. The first-order valence-electron chi connectivity index (χ1n) is 8.60. The van der Waals surface area contributed by atoms with Gasteiger partial charge in [-0.05, 0) is 62.2 Å². The van der Waals surface area contributed by atoms with E-state index in [9.17, 15) is 4.79 Å². The van der Waals surface area contributed by atoms with Gasteiger partial charge in [0.2, 0.25) is 0 Å². The second-order valence-electron chi connectivity index (χ2n) is 6.47. The van der Waals surface area contributed by atoms with Crippen molar-refractivity contribution in [1.82, 2.24) is 5.32 Å². The van der Waals surface area contributed by atoms with E-state index in [1.165, 1.54) is 0 Å². The van der Waals surface area contributed by atoms with Crippen molar-refractivity contribution in [2.24, 2.45) is 0 Å². The molecular weight excluding hydrogens is 330 g/mol. The van der Waals surface area contributed by atoms with Crippen LogP contribution >= 0.6 is 0 Å². The van der Waals surface area contributed by atoms with Crippen molar-refractivity contribution >= 4 is 5.91 Å². The summed E-state index contributed by atoms with van der Waals surface area (Å²) in [6, 6.07) is 11.3. The van der Waals surface area contributed by atoms with Gasteiger partial charge in [0, 0.05) is 24.3 Å². The van der Waals surface area contributed by atoms with Crippen LogP contribution in [0.1, 0.15) is 34.0 Å². The highest BCUT2D eigenvalue weighted by molar-refractivity contribution is 5.94. The molecule has 2 aromatic rings. The van der Waals surface area contributed by atoms with Crippen molar-refractivity contribution in [1.29, 1.82) is 0 Å². The summed E-state index contributed by atoms with van der Waals surface area (Å²) in [5.41, 5.74) is 3.67. The highest BCUT2D eigenvalue weighted by Gasteiger charge is 2.13. The molecule has 1 unspecified atom stereocenters. The molecule has 140 valence electrons. The number of carbonyl (C=O) groups is 1. The van der Waals surface area contributed by atoms with E-state index in [0.717, 1.165) is 22.4 Å². The second kappa shape index (κ2) is 9.25. The van der Waals surface area contributed by atoms with E-state index < -0.39 is 0 Å². The molecule has 0 aliphatic carbocycles. The Morgan fingerprint density at radius 3 is 2.38 bits per heavy atom. The van der Waals surface area contributed by atoms with Crippen LogP contribution in [0, 0.1) is 13.8 Å². The zero-order chi connectivity index (χ0) is 19.1. The molecule has 0 aromatic heterocycles. The Morgan fingerprint density at radius 2 is 1.77 bits per heavy atom. The van der Waals surface area contributed by atoms with Crippen LogP contribution in [-0.2, 0) is 11.3 Å². The molecule has 1 atom stereocenters. The minimum absolute atomic E-state index is 0.0652. The van der Waals surface area contributed by atoms with E-state index in [1.807, 2.05) is 32.9 Å². The van der Waals surface area contributed by atoms with E-state index in [0.29, 0.717) is 24.5 Å². The number of rotatable bonds is 8. The molecule has 0 heterocycles. The predicted molar refractivity (Wildman–Crippen MR) is 102 cm³/mol. The summed E-state index contributed by atoms with van der Waals surface area (Å²) in [5, 5.41) is 2.90. The number of benzene rings is 2. The average molecular weight is 357 g/mol. The Morgan fingerprint density at radius 1 is 1.08 bits per heavy atom. The van der Waals surface area contributed by atoms with Crippen LogP contribution < -0.4 is 14.8 Å². The molecule has 0 bridgehead atoms. The predicted octanol–water partition coefficient (Wildman–Crippen LogP) is 3.66. The van der Waals surface area contributed by atoms with Gasteiger partial charge in [-0.3, -0.25) is 4.79 Å².